The molecule has 168 valence electrons. The van der Waals surface area contributed by atoms with Crippen LogP contribution in [0.25, 0.3) is 0 Å². The molecule has 0 saturated heterocycles. The summed E-state index contributed by atoms with van der Waals surface area (Å²) in [5.41, 5.74) is 0. The largest absolute Gasteiger partial charge is 0.457 e. The van der Waals surface area contributed by atoms with E-state index in [1.807, 2.05) is 0 Å². The van der Waals surface area contributed by atoms with Crippen LogP contribution in [0.1, 0.15) is 110 Å². The van der Waals surface area contributed by atoms with Gasteiger partial charge in [0.05, 0.1) is 12.2 Å². The van der Waals surface area contributed by atoms with E-state index in [1.165, 1.54) is 90.0 Å². The molecule has 2 unspecified atom stereocenters. The predicted molar refractivity (Wildman–Crippen MR) is 120 cm³/mol. The SMILES string of the molecule is C=COC(=O)C(CCCCCCCCCCCCCCCC)C(C=C)OC(C)=O. The molecule has 0 aliphatic carbocycles. The Kier molecular flexibility index (Phi) is 18.6. The first-order chi connectivity index (χ1) is 14.1. The minimum Gasteiger partial charge on any atom is -0.457 e. The highest BCUT2D eigenvalue weighted by molar-refractivity contribution is 5.75. The molecule has 0 fully saturated rings. The molecule has 0 bridgehead atoms. The Morgan fingerprint density at radius 3 is 1.62 bits per heavy atom. The van der Waals surface area contributed by atoms with Crippen molar-refractivity contribution in [1.29, 1.82) is 0 Å². The van der Waals surface area contributed by atoms with Crippen LogP contribution in [0.4, 0.5) is 0 Å². The van der Waals surface area contributed by atoms with Gasteiger partial charge in [0.25, 0.3) is 0 Å². The van der Waals surface area contributed by atoms with Gasteiger partial charge in [0.2, 0.25) is 0 Å². The quantitative estimate of drug-likeness (QED) is 0.0919. The molecule has 0 aromatic heterocycles. The van der Waals surface area contributed by atoms with E-state index in [4.69, 9.17) is 9.47 Å². The second-order valence-electron chi connectivity index (χ2n) is 7.90. The van der Waals surface area contributed by atoms with E-state index in [2.05, 4.69) is 20.1 Å². The highest BCUT2D eigenvalue weighted by Crippen LogP contribution is 2.21. The fraction of sp³-hybridized carbons (Fsp3) is 0.760. The highest BCUT2D eigenvalue weighted by atomic mass is 16.6. The summed E-state index contributed by atoms with van der Waals surface area (Å²) in [7, 11) is 0. The van der Waals surface area contributed by atoms with Crippen molar-refractivity contribution in [1.82, 2.24) is 0 Å². The number of unbranched alkanes of at least 4 members (excludes halogenated alkanes) is 13. The fourth-order valence-corrected chi connectivity index (χ4v) is 3.63. The normalized spacial score (nSPS) is 12.8. The van der Waals surface area contributed by atoms with Crippen LogP contribution in [0.15, 0.2) is 25.5 Å². The van der Waals surface area contributed by atoms with Gasteiger partial charge in [0.1, 0.15) is 6.10 Å². The first-order valence-electron chi connectivity index (χ1n) is 11.7. The molecule has 4 nitrogen and oxygen atoms in total. The van der Waals surface area contributed by atoms with E-state index in [0.29, 0.717) is 6.42 Å². The molecule has 0 aromatic rings. The lowest BCUT2D eigenvalue weighted by molar-refractivity contribution is -0.154. The first kappa shape index (κ1) is 27.4. The number of hydrogen-bond acceptors (Lipinski definition) is 4. The van der Waals surface area contributed by atoms with E-state index in [-0.39, 0.29) is 0 Å². The Hall–Kier alpha value is -1.58. The number of carbonyl (C=O) groups is 2. The molecule has 29 heavy (non-hydrogen) atoms. The summed E-state index contributed by atoms with van der Waals surface area (Å²) in [5.74, 6) is -1.36. The fourth-order valence-electron chi connectivity index (χ4n) is 3.63. The summed E-state index contributed by atoms with van der Waals surface area (Å²) in [4.78, 5) is 23.4. The van der Waals surface area contributed by atoms with E-state index in [0.717, 1.165) is 19.1 Å². The molecule has 0 spiro atoms. The topological polar surface area (TPSA) is 52.6 Å². The van der Waals surface area contributed by atoms with Crippen LogP contribution in [0, 0.1) is 5.92 Å². The molecule has 0 aliphatic heterocycles. The number of ether oxygens (including phenoxy) is 2. The lowest BCUT2D eigenvalue weighted by atomic mass is 9.94. The third-order valence-corrected chi connectivity index (χ3v) is 5.30. The van der Waals surface area contributed by atoms with Crippen molar-refractivity contribution in [2.24, 2.45) is 5.92 Å². The summed E-state index contributed by atoms with van der Waals surface area (Å²) in [5, 5.41) is 0. The van der Waals surface area contributed by atoms with Crippen molar-refractivity contribution in [3.63, 3.8) is 0 Å². The molecular weight excluding hydrogens is 364 g/mol. The van der Waals surface area contributed by atoms with Crippen LogP contribution in [0.5, 0.6) is 0 Å². The third-order valence-electron chi connectivity index (χ3n) is 5.30. The van der Waals surface area contributed by atoms with Crippen LogP contribution < -0.4 is 0 Å². The average Bonchev–Trinajstić information content (AvgIpc) is 2.69. The summed E-state index contributed by atoms with van der Waals surface area (Å²) in [6.45, 7) is 10.7. The van der Waals surface area contributed by atoms with Crippen LogP contribution in [0.2, 0.25) is 0 Å². The molecule has 0 saturated carbocycles. The molecule has 0 heterocycles. The van der Waals surface area contributed by atoms with Crippen molar-refractivity contribution in [3.8, 4) is 0 Å². The lowest BCUT2D eigenvalue weighted by Gasteiger charge is -2.22. The zero-order valence-electron chi connectivity index (χ0n) is 19.0. The maximum Gasteiger partial charge on any atom is 0.317 e. The van der Waals surface area contributed by atoms with E-state index >= 15 is 0 Å². The van der Waals surface area contributed by atoms with Gasteiger partial charge >= 0.3 is 11.9 Å². The van der Waals surface area contributed by atoms with Gasteiger partial charge in [-0.15, -0.1) is 0 Å². The molecule has 0 radical (unpaired) electrons. The third kappa shape index (κ3) is 16.0. The van der Waals surface area contributed by atoms with Gasteiger partial charge in [-0.25, -0.2) is 0 Å². The molecule has 0 aromatic carbocycles. The monoisotopic (exact) mass is 408 g/mol. The summed E-state index contributed by atoms with van der Waals surface area (Å²) in [6, 6.07) is 0. The standard InChI is InChI=1S/C25H44O4/c1-5-8-9-10-11-12-13-14-15-16-17-18-19-20-21-23(25(27)28-7-3)24(6-2)29-22(4)26/h6-7,23-24H,2-3,5,8-21H2,1,4H3. The molecule has 0 aliphatic rings. The zero-order valence-corrected chi connectivity index (χ0v) is 19.0. The highest BCUT2D eigenvalue weighted by Gasteiger charge is 2.29. The summed E-state index contributed by atoms with van der Waals surface area (Å²) < 4.78 is 10.1. The zero-order chi connectivity index (χ0) is 21.7. The predicted octanol–water partition coefficient (Wildman–Crippen LogP) is 7.28. The van der Waals surface area contributed by atoms with Gasteiger partial charge in [-0.05, 0) is 6.42 Å². The van der Waals surface area contributed by atoms with Crippen LogP contribution in [-0.4, -0.2) is 18.0 Å². The Morgan fingerprint density at radius 2 is 1.24 bits per heavy atom. The van der Waals surface area contributed by atoms with Gasteiger partial charge < -0.3 is 9.47 Å². The minimum atomic E-state index is -0.651. The first-order valence-corrected chi connectivity index (χ1v) is 11.7. The van der Waals surface area contributed by atoms with E-state index in [9.17, 15) is 9.59 Å². The van der Waals surface area contributed by atoms with Gasteiger partial charge in [0.15, 0.2) is 0 Å². The molecule has 2 atom stereocenters. The summed E-state index contributed by atoms with van der Waals surface area (Å²) in [6.07, 6.45) is 20.6. The number of carbonyl (C=O) groups excluding carboxylic acids is 2. The Bertz CT molecular complexity index is 444. The van der Waals surface area contributed by atoms with Crippen molar-refractivity contribution in [3.05, 3.63) is 25.5 Å². The van der Waals surface area contributed by atoms with Crippen molar-refractivity contribution in [2.45, 2.75) is 116 Å². The Balaban J connectivity index is 3.84. The van der Waals surface area contributed by atoms with Gasteiger partial charge in [0, 0.05) is 6.92 Å². The maximum absolute atomic E-state index is 12.2. The van der Waals surface area contributed by atoms with Crippen molar-refractivity contribution < 1.29 is 19.1 Å². The minimum absolute atomic E-state index is 0.416. The maximum atomic E-state index is 12.2. The molecule has 0 amide bonds. The van der Waals surface area contributed by atoms with Gasteiger partial charge in [-0.2, -0.15) is 0 Å². The van der Waals surface area contributed by atoms with Crippen LogP contribution in [0.3, 0.4) is 0 Å². The average molecular weight is 409 g/mol. The number of rotatable bonds is 20. The summed E-state index contributed by atoms with van der Waals surface area (Å²) >= 11 is 0. The lowest BCUT2D eigenvalue weighted by Crippen LogP contribution is -2.31. The molecule has 0 rings (SSSR count). The number of hydrogen-bond donors (Lipinski definition) is 0. The smallest absolute Gasteiger partial charge is 0.317 e. The van der Waals surface area contributed by atoms with E-state index in [1.54, 1.807) is 0 Å². The van der Waals surface area contributed by atoms with Gasteiger partial charge in [-0.1, -0.05) is 116 Å². The number of esters is 2. The van der Waals surface area contributed by atoms with Crippen molar-refractivity contribution in [2.75, 3.05) is 0 Å². The van der Waals surface area contributed by atoms with Crippen molar-refractivity contribution >= 4 is 11.9 Å². The Morgan fingerprint density at radius 1 is 0.793 bits per heavy atom. The molecular formula is C25H44O4. The van der Waals surface area contributed by atoms with Gasteiger partial charge in [-0.3, -0.25) is 9.59 Å². The van der Waals surface area contributed by atoms with E-state index < -0.39 is 24.0 Å². The van der Waals surface area contributed by atoms with Crippen LogP contribution >= 0.6 is 0 Å². The Labute approximate surface area is 179 Å². The van der Waals surface area contributed by atoms with Crippen LogP contribution in [-0.2, 0) is 19.1 Å². The molecule has 4 heteroatoms. The molecule has 0 N–H and O–H groups in total. The second-order valence-corrected chi connectivity index (χ2v) is 7.90. The second kappa shape index (κ2) is 19.7.